The van der Waals surface area contributed by atoms with Crippen LogP contribution in [0.25, 0.3) is 0 Å². The largest absolute Gasteiger partial charge is 1.00 e. The Kier molecular flexibility index (Phi) is 8.78. The number of carbonyl (C=O) groups excluding carboxylic acids is 1. The number of aliphatic hydroxyl groups is 1. The van der Waals surface area contributed by atoms with E-state index >= 15 is 0 Å². The monoisotopic (exact) mass is 295 g/mol. The maximum absolute atomic E-state index is 11.0. The van der Waals surface area contributed by atoms with Crippen molar-refractivity contribution in [2.24, 2.45) is 0 Å². The molecule has 0 heterocycles. The normalized spacial score (nSPS) is 12.6. The van der Waals surface area contributed by atoms with Gasteiger partial charge in [-0.25, -0.2) is 4.79 Å². The molecule has 0 aromatic heterocycles. The number of ether oxygens (including phenoxy) is 1. The van der Waals surface area contributed by atoms with Gasteiger partial charge in [0, 0.05) is 12.0 Å². The van der Waals surface area contributed by atoms with Crippen LogP contribution in [0.15, 0.2) is 12.2 Å². The molecule has 0 radical (unpaired) electrons. The van der Waals surface area contributed by atoms with E-state index in [1.807, 2.05) is 21.1 Å². The third-order valence-corrected chi connectivity index (χ3v) is 1.79. The first-order valence-electron chi connectivity index (χ1n) is 5.03. The molecule has 0 aliphatic rings. The molecule has 96 valence electrons. The van der Waals surface area contributed by atoms with Gasteiger partial charge in [-0.1, -0.05) is 6.58 Å². The van der Waals surface area contributed by atoms with E-state index in [0.717, 1.165) is 0 Å². The zero-order chi connectivity index (χ0) is 12.1. The summed E-state index contributed by atoms with van der Waals surface area (Å²) in [4.78, 5) is 11.0. The molecule has 1 N–H and O–H groups in total. The lowest BCUT2D eigenvalue weighted by Gasteiger charge is -2.26. The van der Waals surface area contributed by atoms with Crippen molar-refractivity contribution in [2.45, 2.75) is 19.4 Å². The van der Waals surface area contributed by atoms with E-state index in [2.05, 4.69) is 6.58 Å². The molecule has 0 aromatic carbocycles. The third-order valence-electron chi connectivity index (χ3n) is 1.79. The lowest BCUT2D eigenvalue weighted by Crippen LogP contribution is -3.00. The minimum atomic E-state index is -0.442. The Labute approximate surface area is 108 Å². The summed E-state index contributed by atoms with van der Waals surface area (Å²) in [6.45, 7) is 5.96. The van der Waals surface area contributed by atoms with E-state index in [4.69, 9.17) is 4.74 Å². The van der Waals surface area contributed by atoms with Crippen molar-refractivity contribution in [3.8, 4) is 0 Å². The number of halogens is 1. The number of hydrogen-bond acceptors (Lipinski definition) is 3. The molecule has 0 spiro atoms. The van der Waals surface area contributed by atoms with Gasteiger partial charge in [0.2, 0.25) is 0 Å². The quantitative estimate of drug-likeness (QED) is 0.337. The number of nitrogens with zero attached hydrogens (tertiary/aromatic N) is 1. The van der Waals surface area contributed by atoms with Crippen LogP contribution in [0.3, 0.4) is 0 Å². The van der Waals surface area contributed by atoms with Gasteiger partial charge in [-0.3, -0.25) is 0 Å². The number of hydrogen-bond donors (Lipinski definition) is 1. The summed E-state index contributed by atoms with van der Waals surface area (Å²) < 4.78 is 5.57. The lowest BCUT2D eigenvalue weighted by molar-refractivity contribution is -0.873. The van der Waals surface area contributed by atoms with Gasteiger partial charge in [0.15, 0.2) is 0 Å². The van der Waals surface area contributed by atoms with Crippen LogP contribution < -0.4 is 17.0 Å². The van der Waals surface area contributed by atoms with Crippen LogP contribution >= 0.6 is 0 Å². The van der Waals surface area contributed by atoms with Crippen LogP contribution in [0, 0.1) is 0 Å². The van der Waals surface area contributed by atoms with Gasteiger partial charge in [0.25, 0.3) is 0 Å². The smallest absolute Gasteiger partial charge is 0.333 e. The molecule has 0 amide bonds. The predicted molar refractivity (Wildman–Crippen MR) is 59.3 cm³/mol. The molecular formula is C11H22BrNO3. The van der Waals surface area contributed by atoms with E-state index in [9.17, 15) is 9.90 Å². The van der Waals surface area contributed by atoms with Gasteiger partial charge in [-0.2, -0.15) is 0 Å². The highest BCUT2D eigenvalue weighted by Crippen LogP contribution is 2.01. The van der Waals surface area contributed by atoms with Crippen molar-refractivity contribution in [3.05, 3.63) is 12.2 Å². The van der Waals surface area contributed by atoms with E-state index in [-0.39, 0.29) is 23.6 Å². The van der Waals surface area contributed by atoms with Gasteiger partial charge in [0.1, 0.15) is 12.6 Å². The zero-order valence-electron chi connectivity index (χ0n) is 10.5. The van der Waals surface area contributed by atoms with Crippen LogP contribution in [0.5, 0.6) is 0 Å². The Hall–Kier alpha value is -0.390. The van der Waals surface area contributed by atoms with Crippen molar-refractivity contribution in [2.75, 3.05) is 34.3 Å². The molecule has 1 unspecified atom stereocenters. The summed E-state index contributed by atoms with van der Waals surface area (Å²) in [5, 5.41) is 9.61. The summed E-state index contributed by atoms with van der Waals surface area (Å²) in [6, 6.07) is 0. The van der Waals surface area contributed by atoms with Crippen molar-refractivity contribution in [1.29, 1.82) is 0 Å². The second-order valence-electron chi connectivity index (χ2n) is 4.83. The van der Waals surface area contributed by atoms with Crippen molar-refractivity contribution >= 4 is 5.97 Å². The molecule has 4 nitrogen and oxygen atoms in total. The van der Waals surface area contributed by atoms with E-state index in [1.165, 1.54) is 0 Å². The first kappa shape index (κ1) is 18.0. The topological polar surface area (TPSA) is 46.5 Å². The molecule has 1 atom stereocenters. The molecule has 0 saturated heterocycles. The average Bonchev–Trinajstić information content (AvgIpc) is 2.00. The Morgan fingerprint density at radius 2 is 1.94 bits per heavy atom. The van der Waals surface area contributed by atoms with Crippen molar-refractivity contribution < 1.29 is 36.1 Å². The Balaban J connectivity index is 0. The summed E-state index contributed by atoms with van der Waals surface area (Å²) in [5.74, 6) is -0.396. The molecule has 0 aromatic rings. The summed E-state index contributed by atoms with van der Waals surface area (Å²) in [6.07, 6.45) is 0.0251. The lowest BCUT2D eigenvalue weighted by atomic mass is 10.2. The van der Waals surface area contributed by atoms with Crippen LogP contribution in [-0.2, 0) is 9.53 Å². The minimum absolute atomic E-state index is 0. The van der Waals surface area contributed by atoms with Gasteiger partial charge in [-0.05, 0) is 6.92 Å². The number of esters is 1. The zero-order valence-corrected chi connectivity index (χ0v) is 12.1. The predicted octanol–water partition coefficient (Wildman–Crippen LogP) is -2.43. The third kappa shape index (κ3) is 10.1. The summed E-state index contributed by atoms with van der Waals surface area (Å²) in [7, 11) is 6.01. The van der Waals surface area contributed by atoms with E-state index < -0.39 is 12.1 Å². The van der Waals surface area contributed by atoms with Crippen LogP contribution in [0.4, 0.5) is 0 Å². The Bertz CT molecular complexity index is 236. The highest BCUT2D eigenvalue weighted by Gasteiger charge is 2.15. The maximum atomic E-state index is 11.0. The van der Waals surface area contributed by atoms with Crippen LogP contribution in [0.2, 0.25) is 0 Å². The molecule has 0 aliphatic heterocycles. The van der Waals surface area contributed by atoms with Crippen LogP contribution in [-0.4, -0.2) is 56.0 Å². The fourth-order valence-corrected chi connectivity index (χ4v) is 1.13. The first-order valence-corrected chi connectivity index (χ1v) is 5.03. The average molecular weight is 296 g/mol. The molecule has 5 heteroatoms. The van der Waals surface area contributed by atoms with Gasteiger partial charge in [-0.15, -0.1) is 0 Å². The second-order valence-corrected chi connectivity index (χ2v) is 4.83. The van der Waals surface area contributed by atoms with Crippen molar-refractivity contribution in [3.63, 3.8) is 0 Å². The number of quaternary nitrogens is 1. The minimum Gasteiger partial charge on any atom is -1.00 e. The highest BCUT2D eigenvalue weighted by atomic mass is 79.9. The van der Waals surface area contributed by atoms with E-state index in [0.29, 0.717) is 23.0 Å². The molecule has 0 saturated carbocycles. The number of carbonyl (C=O) groups is 1. The number of aliphatic hydroxyl groups excluding tert-OH is 1. The van der Waals surface area contributed by atoms with E-state index in [1.54, 1.807) is 6.92 Å². The molecule has 0 rings (SSSR count). The Morgan fingerprint density at radius 1 is 1.44 bits per heavy atom. The standard InChI is InChI=1S/C11H22NO3.BrH/c1-9(2)11(14)15-7-6-10(13)8-12(3,4)5;/h10,13H,1,6-8H2,2-5H3;1H/q+1;/p-1. The fourth-order valence-electron chi connectivity index (χ4n) is 1.13. The van der Waals surface area contributed by atoms with Crippen molar-refractivity contribution in [1.82, 2.24) is 0 Å². The summed E-state index contributed by atoms with van der Waals surface area (Å²) >= 11 is 0. The van der Waals surface area contributed by atoms with Gasteiger partial charge in [0.05, 0.1) is 27.7 Å². The molecular weight excluding hydrogens is 274 g/mol. The number of likely N-dealkylation sites (N-methyl/N-ethyl adjacent to an activating group) is 1. The summed E-state index contributed by atoms with van der Waals surface area (Å²) in [5.41, 5.74) is 0.385. The van der Waals surface area contributed by atoms with Crippen LogP contribution in [0.1, 0.15) is 13.3 Å². The SMILES string of the molecule is C=C(C)C(=O)OCCC(O)C[N+](C)(C)C.[Br-]. The fraction of sp³-hybridized carbons (Fsp3) is 0.727. The highest BCUT2D eigenvalue weighted by molar-refractivity contribution is 5.86. The maximum Gasteiger partial charge on any atom is 0.333 e. The second kappa shape index (κ2) is 7.81. The van der Waals surface area contributed by atoms with Gasteiger partial charge >= 0.3 is 5.97 Å². The first-order chi connectivity index (χ1) is 6.72. The Morgan fingerprint density at radius 3 is 2.31 bits per heavy atom. The molecule has 0 aliphatic carbocycles. The van der Waals surface area contributed by atoms with Gasteiger partial charge < -0.3 is 31.3 Å². The molecule has 0 fully saturated rings. The molecule has 16 heavy (non-hydrogen) atoms. The molecule has 0 bridgehead atoms. The number of rotatable bonds is 6.